The maximum atomic E-state index is 12.7. The number of pyridine rings is 1. The van der Waals surface area contributed by atoms with Crippen LogP contribution in [0.15, 0.2) is 42.7 Å². The largest absolute Gasteiger partial charge is 0.497 e. The van der Waals surface area contributed by atoms with Crippen LogP contribution < -0.4 is 14.4 Å². The van der Waals surface area contributed by atoms with Crippen LogP contribution in [0, 0.1) is 0 Å². The molecule has 25 heavy (non-hydrogen) atoms. The van der Waals surface area contributed by atoms with Gasteiger partial charge in [-0.25, -0.2) is 0 Å². The maximum absolute atomic E-state index is 12.7. The molecule has 6 heteroatoms. The van der Waals surface area contributed by atoms with E-state index >= 15 is 0 Å². The lowest BCUT2D eigenvalue weighted by molar-refractivity contribution is -0.130. The number of ether oxygens (including phenoxy) is 2. The fourth-order valence-corrected chi connectivity index (χ4v) is 3.06. The molecular weight excluding hydrogens is 318 g/mol. The predicted molar refractivity (Wildman–Crippen MR) is 96.3 cm³/mol. The molecule has 1 amide bonds. The first-order valence-electron chi connectivity index (χ1n) is 8.35. The minimum absolute atomic E-state index is 0.112. The number of aromatic nitrogens is 1. The summed E-state index contributed by atoms with van der Waals surface area (Å²) in [6, 6.07) is 9.53. The molecular formula is C19H23N3O3. The van der Waals surface area contributed by atoms with Crippen LogP contribution in [0.2, 0.25) is 0 Å². The van der Waals surface area contributed by atoms with Gasteiger partial charge in [0.05, 0.1) is 20.6 Å². The molecule has 1 saturated heterocycles. The summed E-state index contributed by atoms with van der Waals surface area (Å²) in [6.07, 6.45) is 3.90. The Hall–Kier alpha value is -2.76. The number of methoxy groups -OCH3 is 2. The molecule has 0 spiro atoms. The molecule has 1 aromatic carbocycles. The molecule has 0 bridgehead atoms. The quantitative estimate of drug-likeness (QED) is 0.832. The molecule has 1 aliphatic rings. The minimum atomic E-state index is 0.112. The molecule has 0 unspecified atom stereocenters. The minimum Gasteiger partial charge on any atom is -0.497 e. The zero-order valence-electron chi connectivity index (χ0n) is 14.6. The molecule has 2 aromatic rings. The molecule has 0 radical (unpaired) electrons. The zero-order valence-corrected chi connectivity index (χ0v) is 14.6. The second-order valence-electron chi connectivity index (χ2n) is 5.93. The van der Waals surface area contributed by atoms with Crippen LogP contribution in [0.25, 0.3) is 0 Å². The summed E-state index contributed by atoms with van der Waals surface area (Å²) in [6.45, 7) is 3.08. The highest BCUT2D eigenvalue weighted by atomic mass is 16.5. The van der Waals surface area contributed by atoms with Gasteiger partial charge in [-0.3, -0.25) is 9.78 Å². The molecule has 6 nitrogen and oxygen atoms in total. The van der Waals surface area contributed by atoms with Crippen LogP contribution in [0.4, 0.5) is 5.69 Å². The van der Waals surface area contributed by atoms with Gasteiger partial charge in [-0.15, -0.1) is 0 Å². The van der Waals surface area contributed by atoms with E-state index in [2.05, 4.69) is 9.88 Å². The van der Waals surface area contributed by atoms with Crippen molar-refractivity contribution in [3.05, 3.63) is 48.3 Å². The van der Waals surface area contributed by atoms with Crippen molar-refractivity contribution in [3.63, 3.8) is 0 Å². The van der Waals surface area contributed by atoms with Crippen LogP contribution in [0.5, 0.6) is 11.5 Å². The summed E-state index contributed by atoms with van der Waals surface area (Å²) >= 11 is 0. The first kappa shape index (κ1) is 17.1. The van der Waals surface area contributed by atoms with Crippen LogP contribution in [0.1, 0.15) is 5.56 Å². The fraction of sp³-hybridized carbons (Fsp3) is 0.368. The van der Waals surface area contributed by atoms with Crippen molar-refractivity contribution in [2.45, 2.75) is 6.42 Å². The molecule has 0 N–H and O–H groups in total. The molecule has 0 saturated carbocycles. The molecule has 132 valence electrons. The number of benzene rings is 1. The first-order chi connectivity index (χ1) is 12.2. The van der Waals surface area contributed by atoms with Gasteiger partial charge in [0.15, 0.2) is 0 Å². The highest BCUT2D eigenvalue weighted by Gasteiger charge is 2.22. The van der Waals surface area contributed by atoms with Crippen molar-refractivity contribution in [3.8, 4) is 11.5 Å². The molecule has 2 heterocycles. The third-order valence-corrected chi connectivity index (χ3v) is 4.49. The van der Waals surface area contributed by atoms with Crippen LogP contribution in [0.3, 0.4) is 0 Å². The van der Waals surface area contributed by atoms with Crippen molar-refractivity contribution in [2.75, 3.05) is 45.3 Å². The number of carbonyl (C=O) groups is 1. The maximum Gasteiger partial charge on any atom is 0.227 e. The summed E-state index contributed by atoms with van der Waals surface area (Å²) in [5.74, 6) is 1.55. The SMILES string of the molecule is COc1ccc(OC)c(CC(=O)N2CCN(c3ccncc3)CC2)c1. The Kier molecular flexibility index (Phi) is 5.38. The number of nitrogens with zero attached hydrogens (tertiary/aromatic N) is 3. The highest BCUT2D eigenvalue weighted by Crippen LogP contribution is 2.25. The summed E-state index contributed by atoms with van der Waals surface area (Å²) in [4.78, 5) is 20.9. The molecule has 0 atom stereocenters. The smallest absolute Gasteiger partial charge is 0.227 e. The van der Waals surface area contributed by atoms with Crippen molar-refractivity contribution < 1.29 is 14.3 Å². The average Bonchev–Trinajstić information content (AvgIpc) is 2.68. The van der Waals surface area contributed by atoms with Gasteiger partial charge in [-0.1, -0.05) is 0 Å². The number of anilines is 1. The van der Waals surface area contributed by atoms with Crippen molar-refractivity contribution in [1.82, 2.24) is 9.88 Å². The Balaban J connectivity index is 1.62. The molecule has 1 aromatic heterocycles. The van der Waals surface area contributed by atoms with E-state index in [4.69, 9.17) is 9.47 Å². The second kappa shape index (κ2) is 7.88. The Morgan fingerprint density at radius 1 is 1.04 bits per heavy atom. The number of rotatable bonds is 5. The number of amides is 1. The standard InChI is InChI=1S/C19H23N3O3/c1-24-17-3-4-18(25-2)15(13-17)14-19(23)22-11-9-21(10-12-22)16-5-7-20-8-6-16/h3-8,13H,9-12,14H2,1-2H3. The van der Waals surface area contributed by atoms with Crippen LogP contribution >= 0.6 is 0 Å². The van der Waals surface area contributed by atoms with E-state index in [0.29, 0.717) is 25.3 Å². The zero-order chi connectivity index (χ0) is 17.6. The van der Waals surface area contributed by atoms with Crippen molar-refractivity contribution in [2.24, 2.45) is 0 Å². The van der Waals surface area contributed by atoms with Crippen molar-refractivity contribution in [1.29, 1.82) is 0 Å². The first-order valence-corrected chi connectivity index (χ1v) is 8.35. The van der Waals surface area contributed by atoms with Gasteiger partial charge in [-0.05, 0) is 30.3 Å². The second-order valence-corrected chi connectivity index (χ2v) is 5.93. The number of hydrogen-bond acceptors (Lipinski definition) is 5. The van der Waals surface area contributed by atoms with E-state index in [1.165, 1.54) is 0 Å². The fourth-order valence-electron chi connectivity index (χ4n) is 3.06. The third-order valence-electron chi connectivity index (χ3n) is 4.49. The van der Waals surface area contributed by atoms with E-state index < -0.39 is 0 Å². The summed E-state index contributed by atoms with van der Waals surface area (Å²) in [5.41, 5.74) is 2.00. The van der Waals surface area contributed by atoms with E-state index in [9.17, 15) is 4.79 Å². The van der Waals surface area contributed by atoms with Gasteiger partial charge < -0.3 is 19.3 Å². The highest BCUT2D eigenvalue weighted by molar-refractivity contribution is 5.80. The Morgan fingerprint density at radius 2 is 1.76 bits per heavy atom. The van der Waals surface area contributed by atoms with Crippen molar-refractivity contribution >= 4 is 11.6 Å². The molecule has 1 fully saturated rings. The molecule has 0 aliphatic carbocycles. The van der Waals surface area contributed by atoms with Gasteiger partial charge in [0.2, 0.25) is 5.91 Å². The van der Waals surface area contributed by atoms with Crippen LogP contribution in [-0.2, 0) is 11.2 Å². The third kappa shape index (κ3) is 4.02. The number of piperazine rings is 1. The molecule has 1 aliphatic heterocycles. The van der Waals surface area contributed by atoms with Gasteiger partial charge in [0.25, 0.3) is 0 Å². The van der Waals surface area contributed by atoms with Gasteiger partial charge in [0, 0.05) is 49.8 Å². The lowest BCUT2D eigenvalue weighted by Crippen LogP contribution is -2.49. The lowest BCUT2D eigenvalue weighted by Gasteiger charge is -2.36. The monoisotopic (exact) mass is 341 g/mol. The Labute approximate surface area is 148 Å². The Morgan fingerprint density at radius 3 is 2.40 bits per heavy atom. The number of hydrogen-bond donors (Lipinski definition) is 0. The van der Waals surface area contributed by atoms with Gasteiger partial charge in [0.1, 0.15) is 11.5 Å². The summed E-state index contributed by atoms with van der Waals surface area (Å²) < 4.78 is 10.6. The lowest BCUT2D eigenvalue weighted by atomic mass is 10.1. The Bertz CT molecular complexity index is 713. The van der Waals surface area contributed by atoms with Crippen LogP contribution in [-0.4, -0.2) is 56.2 Å². The normalized spacial score (nSPS) is 14.3. The summed E-state index contributed by atoms with van der Waals surface area (Å²) in [7, 11) is 3.23. The van der Waals surface area contributed by atoms with Gasteiger partial charge in [-0.2, -0.15) is 0 Å². The van der Waals surface area contributed by atoms with E-state index in [1.54, 1.807) is 26.6 Å². The van der Waals surface area contributed by atoms with E-state index in [0.717, 1.165) is 30.1 Å². The van der Waals surface area contributed by atoms with E-state index in [-0.39, 0.29) is 5.91 Å². The average molecular weight is 341 g/mol. The topological polar surface area (TPSA) is 54.9 Å². The molecule has 3 rings (SSSR count). The van der Waals surface area contributed by atoms with E-state index in [1.807, 2.05) is 35.2 Å². The van der Waals surface area contributed by atoms with Gasteiger partial charge >= 0.3 is 0 Å². The summed E-state index contributed by atoms with van der Waals surface area (Å²) in [5, 5.41) is 0. The predicted octanol–water partition coefficient (Wildman–Crippen LogP) is 1.99. The number of carbonyl (C=O) groups excluding carboxylic acids is 1.